The summed E-state index contributed by atoms with van der Waals surface area (Å²) in [7, 11) is 0. The van der Waals surface area contributed by atoms with E-state index in [9.17, 15) is 4.79 Å². The van der Waals surface area contributed by atoms with Gasteiger partial charge in [-0.2, -0.15) is 0 Å². The third-order valence-electron chi connectivity index (χ3n) is 6.47. The lowest BCUT2D eigenvalue weighted by Crippen LogP contribution is -2.39. The second-order valence-corrected chi connectivity index (χ2v) is 8.12. The molecule has 3 fully saturated rings. The molecule has 1 saturated carbocycles. The number of aryl methyl sites for hydroxylation is 1. The van der Waals surface area contributed by atoms with Gasteiger partial charge in [0.25, 0.3) is 5.91 Å². The van der Waals surface area contributed by atoms with E-state index >= 15 is 0 Å². The number of rotatable bonds is 2. The van der Waals surface area contributed by atoms with Crippen LogP contribution in [0.15, 0.2) is 6.07 Å². The maximum Gasteiger partial charge on any atom is 0.255 e. The molecule has 1 aromatic rings. The number of halogens is 1. The van der Waals surface area contributed by atoms with Crippen molar-refractivity contribution < 1.29 is 4.79 Å². The van der Waals surface area contributed by atoms with Gasteiger partial charge in [-0.25, -0.2) is 0 Å². The molecule has 5 heteroatoms. The molecule has 0 radical (unpaired) electrons. The Labute approximate surface area is 157 Å². The van der Waals surface area contributed by atoms with Gasteiger partial charge in [-0.05, 0) is 52.0 Å². The highest BCUT2D eigenvalue weighted by molar-refractivity contribution is 5.95. The van der Waals surface area contributed by atoms with Crippen LogP contribution < -0.4 is 5.32 Å². The number of hydrogen-bond acceptors (Lipinski definition) is 2. The first-order valence-corrected chi connectivity index (χ1v) is 9.87. The van der Waals surface area contributed by atoms with E-state index in [4.69, 9.17) is 0 Å². The Kier molecular flexibility index (Phi) is 5.79. The summed E-state index contributed by atoms with van der Waals surface area (Å²) in [5, 5.41) is 3.67. The van der Waals surface area contributed by atoms with E-state index in [0.717, 1.165) is 25.1 Å². The SMILES string of the molecule is Cc1cc(C(=O)N2CCC3CCC(C2)N3)c(C)n1C1CCCCC1.Cl. The highest BCUT2D eigenvalue weighted by atomic mass is 35.5. The molecule has 1 aliphatic carbocycles. The predicted octanol–water partition coefficient (Wildman–Crippen LogP) is 4.00. The highest BCUT2D eigenvalue weighted by Crippen LogP contribution is 2.33. The molecule has 1 aromatic heterocycles. The molecule has 2 aliphatic heterocycles. The molecule has 2 saturated heterocycles. The van der Waals surface area contributed by atoms with Gasteiger partial charge in [-0.3, -0.25) is 4.79 Å². The molecule has 1 amide bonds. The Morgan fingerprint density at radius 2 is 1.76 bits per heavy atom. The Morgan fingerprint density at radius 3 is 2.52 bits per heavy atom. The number of carbonyl (C=O) groups is 1. The Hall–Kier alpha value is -1.000. The largest absolute Gasteiger partial charge is 0.345 e. The van der Waals surface area contributed by atoms with E-state index in [1.54, 1.807) is 0 Å². The van der Waals surface area contributed by atoms with Crippen LogP contribution in [0.5, 0.6) is 0 Å². The van der Waals surface area contributed by atoms with E-state index in [1.165, 1.54) is 56.3 Å². The molecule has 3 aliphatic rings. The molecular weight excluding hydrogens is 334 g/mol. The van der Waals surface area contributed by atoms with Crippen molar-refractivity contribution in [2.45, 2.75) is 83.3 Å². The number of aromatic nitrogens is 1. The van der Waals surface area contributed by atoms with Gasteiger partial charge < -0.3 is 14.8 Å². The van der Waals surface area contributed by atoms with Crippen LogP contribution in [0, 0.1) is 13.8 Å². The normalized spacial score (nSPS) is 27.0. The topological polar surface area (TPSA) is 37.3 Å². The average Bonchev–Trinajstić information content (AvgIpc) is 3.06. The number of likely N-dealkylation sites (tertiary alicyclic amines) is 1. The molecule has 2 atom stereocenters. The Morgan fingerprint density at radius 1 is 1.04 bits per heavy atom. The summed E-state index contributed by atoms with van der Waals surface area (Å²) >= 11 is 0. The van der Waals surface area contributed by atoms with Gasteiger partial charge >= 0.3 is 0 Å². The number of hydrogen-bond donors (Lipinski definition) is 1. The summed E-state index contributed by atoms with van der Waals surface area (Å²) in [4.78, 5) is 15.3. The monoisotopic (exact) mass is 365 g/mol. The van der Waals surface area contributed by atoms with Crippen molar-refractivity contribution in [2.75, 3.05) is 13.1 Å². The smallest absolute Gasteiger partial charge is 0.255 e. The quantitative estimate of drug-likeness (QED) is 0.860. The van der Waals surface area contributed by atoms with Crippen LogP contribution in [0.2, 0.25) is 0 Å². The third-order valence-corrected chi connectivity index (χ3v) is 6.47. The minimum absolute atomic E-state index is 0. The lowest BCUT2D eigenvalue weighted by Gasteiger charge is -2.27. The molecule has 0 spiro atoms. The minimum atomic E-state index is 0. The van der Waals surface area contributed by atoms with Crippen LogP contribution in [-0.2, 0) is 0 Å². The fourth-order valence-corrected chi connectivity index (χ4v) is 5.19. The third kappa shape index (κ3) is 3.61. The molecule has 140 valence electrons. The summed E-state index contributed by atoms with van der Waals surface area (Å²) < 4.78 is 2.45. The van der Waals surface area contributed by atoms with Gasteiger partial charge in [0.1, 0.15) is 0 Å². The second kappa shape index (κ2) is 7.71. The van der Waals surface area contributed by atoms with Crippen LogP contribution >= 0.6 is 12.4 Å². The molecule has 1 N–H and O–H groups in total. The molecular formula is C20H32ClN3O. The molecule has 4 rings (SSSR count). The van der Waals surface area contributed by atoms with Gasteiger partial charge in [-0.1, -0.05) is 19.3 Å². The summed E-state index contributed by atoms with van der Waals surface area (Å²) in [5.74, 6) is 0.250. The van der Waals surface area contributed by atoms with Crippen molar-refractivity contribution >= 4 is 18.3 Å². The highest BCUT2D eigenvalue weighted by Gasteiger charge is 2.32. The number of amides is 1. The maximum absolute atomic E-state index is 13.2. The van der Waals surface area contributed by atoms with E-state index < -0.39 is 0 Å². The van der Waals surface area contributed by atoms with Crippen molar-refractivity contribution in [3.05, 3.63) is 23.0 Å². The first-order chi connectivity index (χ1) is 11.6. The Bertz CT molecular complexity index is 621. The van der Waals surface area contributed by atoms with Gasteiger partial charge in [0, 0.05) is 42.6 Å². The van der Waals surface area contributed by atoms with Gasteiger partial charge in [0.05, 0.1) is 5.56 Å². The molecule has 3 heterocycles. The van der Waals surface area contributed by atoms with Crippen molar-refractivity contribution in [3.8, 4) is 0 Å². The van der Waals surface area contributed by atoms with Crippen LogP contribution in [0.4, 0.5) is 0 Å². The summed E-state index contributed by atoms with van der Waals surface area (Å²) in [6.07, 6.45) is 10.1. The maximum atomic E-state index is 13.2. The van der Waals surface area contributed by atoms with Gasteiger partial charge in [0.2, 0.25) is 0 Å². The van der Waals surface area contributed by atoms with Crippen LogP contribution in [0.3, 0.4) is 0 Å². The zero-order valence-corrected chi connectivity index (χ0v) is 16.4. The van der Waals surface area contributed by atoms with E-state index in [1.807, 2.05) is 0 Å². The lowest BCUT2D eigenvalue weighted by atomic mass is 9.95. The number of nitrogens with zero attached hydrogens (tertiary/aromatic N) is 2. The fraction of sp³-hybridized carbons (Fsp3) is 0.750. The first kappa shape index (κ1) is 18.8. The summed E-state index contributed by atoms with van der Waals surface area (Å²) in [5.41, 5.74) is 3.39. The zero-order chi connectivity index (χ0) is 16.7. The fourth-order valence-electron chi connectivity index (χ4n) is 5.19. The molecule has 2 unspecified atom stereocenters. The van der Waals surface area contributed by atoms with Crippen LogP contribution in [0.25, 0.3) is 0 Å². The van der Waals surface area contributed by atoms with Crippen molar-refractivity contribution in [1.29, 1.82) is 0 Å². The summed E-state index contributed by atoms with van der Waals surface area (Å²) in [6, 6.07) is 3.87. The van der Waals surface area contributed by atoms with Crippen molar-refractivity contribution in [1.82, 2.24) is 14.8 Å². The van der Waals surface area contributed by atoms with E-state index in [0.29, 0.717) is 18.1 Å². The number of nitrogens with one attached hydrogen (secondary N) is 1. The average molecular weight is 366 g/mol. The van der Waals surface area contributed by atoms with Crippen molar-refractivity contribution in [2.24, 2.45) is 0 Å². The molecule has 0 aromatic carbocycles. The minimum Gasteiger partial charge on any atom is -0.345 e. The molecule has 2 bridgehead atoms. The van der Waals surface area contributed by atoms with Crippen molar-refractivity contribution in [3.63, 3.8) is 0 Å². The van der Waals surface area contributed by atoms with Crippen LogP contribution in [0.1, 0.15) is 79.2 Å². The van der Waals surface area contributed by atoms with E-state index in [2.05, 4.69) is 34.7 Å². The number of carbonyl (C=O) groups excluding carboxylic acids is 1. The van der Waals surface area contributed by atoms with Crippen LogP contribution in [-0.4, -0.2) is 40.5 Å². The zero-order valence-electron chi connectivity index (χ0n) is 15.6. The standard InChI is InChI=1S/C20H31N3O.ClH/c1-14-12-19(15(2)23(14)18-6-4-3-5-7-18)20(24)22-11-10-16-8-9-17(13-22)21-16;/h12,16-18,21H,3-11,13H2,1-2H3;1H. The Balaban J connectivity index is 0.00000182. The number of fused-ring (bicyclic) bond motifs is 2. The predicted molar refractivity (Wildman–Crippen MR) is 104 cm³/mol. The second-order valence-electron chi connectivity index (χ2n) is 8.12. The molecule has 25 heavy (non-hydrogen) atoms. The van der Waals surface area contributed by atoms with Gasteiger partial charge in [0.15, 0.2) is 0 Å². The molecule has 4 nitrogen and oxygen atoms in total. The lowest BCUT2D eigenvalue weighted by molar-refractivity contribution is 0.0747. The van der Waals surface area contributed by atoms with Gasteiger partial charge in [-0.15, -0.1) is 12.4 Å². The van der Waals surface area contributed by atoms with E-state index in [-0.39, 0.29) is 18.3 Å². The first-order valence-electron chi connectivity index (χ1n) is 9.87. The summed E-state index contributed by atoms with van der Waals surface area (Å²) in [6.45, 7) is 6.10.